The number of benzene rings is 2. The highest BCUT2D eigenvalue weighted by Crippen LogP contribution is 2.60. The van der Waals surface area contributed by atoms with E-state index in [-0.39, 0.29) is 22.2 Å². The van der Waals surface area contributed by atoms with Crippen molar-refractivity contribution in [1.29, 1.82) is 0 Å². The minimum atomic E-state index is -5.63. The molecule has 0 unspecified atom stereocenters. The van der Waals surface area contributed by atoms with Crippen LogP contribution < -0.4 is 0 Å². The molecule has 0 spiro atoms. The van der Waals surface area contributed by atoms with Crippen molar-refractivity contribution in [3.63, 3.8) is 0 Å². The van der Waals surface area contributed by atoms with Crippen LogP contribution in [0.4, 0.5) is 8.78 Å². The Bertz CT molecular complexity index is 967. The maximum atomic E-state index is 14.0. The predicted molar refractivity (Wildman–Crippen MR) is 113 cm³/mol. The van der Waals surface area contributed by atoms with E-state index in [0.717, 1.165) is 18.1 Å². The Labute approximate surface area is 182 Å². The quantitative estimate of drug-likeness (QED) is 0.505. The second kappa shape index (κ2) is 8.87. The zero-order chi connectivity index (χ0) is 22.1. The maximum absolute atomic E-state index is 14.0. The fourth-order valence-electron chi connectivity index (χ4n) is 3.57. The molecule has 0 aliphatic heterocycles. The van der Waals surface area contributed by atoms with Crippen LogP contribution >= 0.6 is 23.5 Å². The van der Waals surface area contributed by atoms with Gasteiger partial charge in [0, 0.05) is 29.0 Å². The molecule has 5 nitrogen and oxygen atoms in total. The van der Waals surface area contributed by atoms with Crippen molar-refractivity contribution in [2.24, 2.45) is 5.92 Å². The van der Waals surface area contributed by atoms with Gasteiger partial charge in [-0.25, -0.2) is 0 Å². The summed E-state index contributed by atoms with van der Waals surface area (Å²) < 4.78 is 38.9. The number of carbonyl (C=O) groups excluding carboxylic acids is 1. The molecule has 0 saturated heterocycles. The monoisotopic (exact) mass is 501 g/mol. The zero-order valence-electron chi connectivity index (χ0n) is 16.3. The Hall–Kier alpha value is -1.60. The van der Waals surface area contributed by atoms with Gasteiger partial charge >= 0.3 is 13.3 Å². The van der Waals surface area contributed by atoms with E-state index < -0.39 is 18.8 Å². The van der Waals surface area contributed by atoms with E-state index >= 15 is 0 Å². The van der Waals surface area contributed by atoms with E-state index in [9.17, 15) is 18.1 Å². The van der Waals surface area contributed by atoms with Gasteiger partial charge in [0.25, 0.3) is 0 Å². The highest BCUT2D eigenvalue weighted by atomic mass is 79.9. The first-order valence-corrected chi connectivity index (χ1v) is 12.0. The maximum Gasteiger partial charge on any atom is 0.399 e. The second-order valence-electron chi connectivity index (χ2n) is 7.43. The van der Waals surface area contributed by atoms with Crippen LogP contribution in [0.1, 0.15) is 36.0 Å². The van der Waals surface area contributed by atoms with Gasteiger partial charge in [-0.3, -0.25) is 9.36 Å². The van der Waals surface area contributed by atoms with E-state index in [0.29, 0.717) is 25.1 Å². The molecule has 1 aliphatic rings. The summed E-state index contributed by atoms with van der Waals surface area (Å²) in [6.07, 6.45) is 1.28. The molecule has 3 rings (SSSR count). The Balaban J connectivity index is 1.64. The number of alkyl halides is 2. The van der Waals surface area contributed by atoms with E-state index in [1.165, 1.54) is 12.1 Å². The lowest BCUT2D eigenvalue weighted by Crippen LogP contribution is -2.34. The number of hydrogen-bond donors (Lipinski definition) is 2. The third kappa shape index (κ3) is 4.83. The first kappa shape index (κ1) is 23.1. The van der Waals surface area contributed by atoms with E-state index in [1.807, 2.05) is 37.3 Å². The van der Waals surface area contributed by atoms with Gasteiger partial charge in [-0.2, -0.15) is 8.78 Å². The highest BCUT2D eigenvalue weighted by Gasteiger charge is 2.51. The second-order valence-corrected chi connectivity index (χ2v) is 9.93. The van der Waals surface area contributed by atoms with E-state index in [2.05, 4.69) is 15.9 Å². The number of likely N-dealkylation sites (N-methyl/N-ethyl adjacent to an activating group) is 1. The minimum Gasteiger partial charge on any atom is -0.342 e. The Morgan fingerprint density at radius 2 is 1.90 bits per heavy atom. The van der Waals surface area contributed by atoms with Crippen molar-refractivity contribution in [2.45, 2.75) is 31.3 Å². The molecule has 2 aromatic rings. The van der Waals surface area contributed by atoms with Crippen LogP contribution in [0, 0.1) is 5.92 Å². The van der Waals surface area contributed by atoms with Gasteiger partial charge in [-0.1, -0.05) is 58.4 Å². The lowest BCUT2D eigenvalue weighted by Gasteiger charge is -2.22. The first-order chi connectivity index (χ1) is 14.1. The van der Waals surface area contributed by atoms with Crippen LogP contribution in [-0.4, -0.2) is 33.7 Å². The summed E-state index contributed by atoms with van der Waals surface area (Å²) in [5.41, 5.74) is -3.17. The molecule has 9 heteroatoms. The van der Waals surface area contributed by atoms with Gasteiger partial charge in [0.15, 0.2) is 0 Å². The van der Waals surface area contributed by atoms with Crippen molar-refractivity contribution in [3.8, 4) is 0 Å². The smallest absolute Gasteiger partial charge is 0.342 e. The fourth-order valence-corrected chi connectivity index (χ4v) is 4.91. The summed E-state index contributed by atoms with van der Waals surface area (Å²) in [6, 6.07) is 13.8. The topological polar surface area (TPSA) is 77.8 Å². The third-order valence-electron chi connectivity index (χ3n) is 5.42. The average Bonchev–Trinajstić information content (AvgIpc) is 3.49. The highest BCUT2D eigenvalue weighted by molar-refractivity contribution is 9.10. The molecule has 2 atom stereocenters. The van der Waals surface area contributed by atoms with Gasteiger partial charge in [-0.05, 0) is 42.9 Å². The van der Waals surface area contributed by atoms with Crippen LogP contribution in [0.3, 0.4) is 0 Å². The average molecular weight is 502 g/mol. The van der Waals surface area contributed by atoms with Gasteiger partial charge in [0.2, 0.25) is 5.91 Å². The number of halogens is 3. The molecule has 1 amide bonds. The fraction of sp³-hybridized carbons (Fsp3) is 0.381. The van der Waals surface area contributed by atoms with Gasteiger partial charge in [-0.15, -0.1) is 0 Å². The molecule has 30 heavy (non-hydrogen) atoms. The van der Waals surface area contributed by atoms with Gasteiger partial charge in [0.05, 0.1) is 0 Å². The van der Waals surface area contributed by atoms with E-state index in [1.54, 1.807) is 4.90 Å². The van der Waals surface area contributed by atoms with Crippen molar-refractivity contribution in [3.05, 3.63) is 69.7 Å². The van der Waals surface area contributed by atoms with Crippen LogP contribution in [0.5, 0.6) is 0 Å². The van der Waals surface area contributed by atoms with Crippen molar-refractivity contribution in [1.82, 2.24) is 4.90 Å². The zero-order valence-corrected chi connectivity index (χ0v) is 18.8. The lowest BCUT2D eigenvalue weighted by molar-refractivity contribution is -0.132. The molecule has 1 saturated carbocycles. The summed E-state index contributed by atoms with van der Waals surface area (Å²) in [4.78, 5) is 32.4. The van der Waals surface area contributed by atoms with Crippen molar-refractivity contribution >= 4 is 29.4 Å². The molecule has 162 valence electrons. The summed E-state index contributed by atoms with van der Waals surface area (Å²) in [7, 11) is -5.63. The molecule has 2 aromatic carbocycles. The normalized spacial score (nSPS) is 18.9. The summed E-state index contributed by atoms with van der Waals surface area (Å²) in [6.45, 7) is 2.89. The SMILES string of the molecule is CCN(CCc1ccc(C(F)(F)P(=O)(O)O)c(Br)c1)C(=O)[C@@H]1C[C@H]1c1ccccc1. The number of rotatable bonds is 8. The summed E-state index contributed by atoms with van der Waals surface area (Å²) in [5, 5.41) is 0. The number of hydrogen-bond acceptors (Lipinski definition) is 2. The Morgan fingerprint density at radius 3 is 2.47 bits per heavy atom. The molecular weight excluding hydrogens is 479 g/mol. The summed E-state index contributed by atoms with van der Waals surface area (Å²) in [5.74, 6) is 0.314. The lowest BCUT2D eigenvalue weighted by atomic mass is 10.1. The number of amides is 1. The first-order valence-electron chi connectivity index (χ1n) is 9.62. The molecular formula is C21H23BrF2NO4P. The largest absolute Gasteiger partial charge is 0.399 e. The van der Waals surface area contributed by atoms with Crippen LogP contribution in [0.15, 0.2) is 53.0 Å². The molecule has 0 radical (unpaired) electrons. The predicted octanol–water partition coefficient (Wildman–Crippen LogP) is 4.87. The molecule has 0 bridgehead atoms. The van der Waals surface area contributed by atoms with Crippen LogP contribution in [0.2, 0.25) is 0 Å². The van der Waals surface area contributed by atoms with Gasteiger partial charge in [0.1, 0.15) is 0 Å². The molecule has 1 aliphatic carbocycles. The summed E-state index contributed by atoms with van der Waals surface area (Å²) >= 11 is 2.99. The van der Waals surface area contributed by atoms with Gasteiger partial charge < -0.3 is 14.7 Å². The Kier molecular flexibility index (Phi) is 6.82. The van der Waals surface area contributed by atoms with Crippen molar-refractivity contribution in [2.75, 3.05) is 13.1 Å². The molecule has 0 aromatic heterocycles. The molecule has 1 fully saturated rings. The van der Waals surface area contributed by atoms with Crippen LogP contribution in [0.25, 0.3) is 0 Å². The number of nitrogens with zero attached hydrogens (tertiary/aromatic N) is 1. The molecule has 2 N–H and O–H groups in total. The number of carbonyl (C=O) groups is 1. The van der Waals surface area contributed by atoms with E-state index in [4.69, 9.17) is 9.79 Å². The standard InChI is InChI=1S/C21H23BrF2NO4P/c1-2-25(20(26)17-13-16(17)15-6-4-3-5-7-15)11-10-14-8-9-18(19(22)12-14)21(23,24)30(27,28)29/h3-9,12,16-17H,2,10-11,13H2,1H3,(H2,27,28,29)/t16-,17+/m0/s1. The van der Waals surface area contributed by atoms with Crippen LogP contribution in [-0.2, 0) is 21.4 Å². The third-order valence-corrected chi connectivity index (χ3v) is 7.05. The minimum absolute atomic E-state index is 0.0246. The molecule has 0 heterocycles. The van der Waals surface area contributed by atoms with Crippen molar-refractivity contribution < 1.29 is 27.9 Å². The Morgan fingerprint density at radius 1 is 1.23 bits per heavy atom.